The second-order valence-electron chi connectivity index (χ2n) is 8.83. The lowest BCUT2D eigenvalue weighted by atomic mass is 9.94. The van der Waals surface area contributed by atoms with Gasteiger partial charge in [0.05, 0.1) is 6.04 Å². The number of likely N-dealkylation sites (tertiary alicyclic amines) is 1. The lowest BCUT2D eigenvalue weighted by molar-refractivity contribution is 0.134. The molecule has 0 spiro atoms. The SMILES string of the molecule is C1=C[C@H](Cc2ccc3c(c2)OCO3)N(CC2CCN(CCOc3ccccc3)CC2)C=C1. The second kappa shape index (κ2) is 10.1. The van der Waals surface area contributed by atoms with Crippen molar-refractivity contribution in [2.45, 2.75) is 25.3 Å². The highest BCUT2D eigenvalue weighted by atomic mass is 16.7. The molecule has 0 aliphatic carbocycles. The largest absolute Gasteiger partial charge is 0.492 e. The van der Waals surface area contributed by atoms with Crippen LogP contribution in [0.15, 0.2) is 73.0 Å². The molecule has 5 rings (SSSR count). The van der Waals surface area contributed by atoms with Crippen molar-refractivity contribution in [3.8, 4) is 17.2 Å². The molecular formula is C27H32N2O3. The second-order valence-corrected chi connectivity index (χ2v) is 8.83. The molecule has 0 saturated carbocycles. The van der Waals surface area contributed by atoms with Gasteiger partial charge < -0.3 is 19.1 Å². The molecule has 0 aromatic heterocycles. The number of allylic oxidation sites excluding steroid dienone is 2. The molecule has 168 valence electrons. The van der Waals surface area contributed by atoms with Crippen molar-refractivity contribution in [3.63, 3.8) is 0 Å². The molecule has 32 heavy (non-hydrogen) atoms. The average molecular weight is 433 g/mol. The van der Waals surface area contributed by atoms with Gasteiger partial charge in [-0.05, 0) is 80.4 Å². The average Bonchev–Trinajstić information content (AvgIpc) is 3.30. The van der Waals surface area contributed by atoms with Crippen molar-refractivity contribution in [1.82, 2.24) is 9.80 Å². The quantitative estimate of drug-likeness (QED) is 0.613. The van der Waals surface area contributed by atoms with Gasteiger partial charge >= 0.3 is 0 Å². The maximum absolute atomic E-state index is 5.87. The van der Waals surface area contributed by atoms with Crippen molar-refractivity contribution in [3.05, 3.63) is 78.5 Å². The summed E-state index contributed by atoms with van der Waals surface area (Å²) in [5.41, 5.74) is 1.29. The van der Waals surface area contributed by atoms with Crippen molar-refractivity contribution >= 4 is 0 Å². The molecule has 0 N–H and O–H groups in total. The van der Waals surface area contributed by atoms with Crippen LogP contribution in [0.5, 0.6) is 17.2 Å². The van der Waals surface area contributed by atoms with Crippen molar-refractivity contribution in [1.29, 1.82) is 0 Å². The highest BCUT2D eigenvalue weighted by Crippen LogP contribution is 2.33. The topological polar surface area (TPSA) is 34.2 Å². The molecule has 2 aromatic carbocycles. The summed E-state index contributed by atoms with van der Waals surface area (Å²) in [4.78, 5) is 5.05. The van der Waals surface area contributed by atoms with Crippen LogP contribution >= 0.6 is 0 Å². The van der Waals surface area contributed by atoms with E-state index in [-0.39, 0.29) is 0 Å². The van der Waals surface area contributed by atoms with Crippen LogP contribution in [0, 0.1) is 5.92 Å². The van der Waals surface area contributed by atoms with E-state index in [0.29, 0.717) is 12.8 Å². The van der Waals surface area contributed by atoms with Crippen LogP contribution in [-0.4, -0.2) is 55.4 Å². The van der Waals surface area contributed by atoms with E-state index in [0.717, 1.165) is 62.4 Å². The van der Waals surface area contributed by atoms with Gasteiger partial charge in [-0.25, -0.2) is 0 Å². The lowest BCUT2D eigenvalue weighted by Crippen LogP contribution is -2.42. The number of ether oxygens (including phenoxy) is 3. The van der Waals surface area contributed by atoms with Gasteiger partial charge in [-0.1, -0.05) is 36.4 Å². The zero-order valence-corrected chi connectivity index (χ0v) is 18.6. The van der Waals surface area contributed by atoms with E-state index in [2.05, 4.69) is 46.4 Å². The Balaban J connectivity index is 1.08. The monoisotopic (exact) mass is 432 g/mol. The maximum Gasteiger partial charge on any atom is 0.231 e. The normalized spacial score (nSPS) is 20.6. The molecule has 0 amide bonds. The summed E-state index contributed by atoms with van der Waals surface area (Å²) in [5.74, 6) is 3.41. The number of piperidine rings is 1. The van der Waals surface area contributed by atoms with Crippen LogP contribution in [0.2, 0.25) is 0 Å². The molecule has 5 heteroatoms. The maximum atomic E-state index is 5.87. The Labute approximate surface area is 190 Å². The van der Waals surface area contributed by atoms with Gasteiger partial charge in [0.15, 0.2) is 11.5 Å². The summed E-state index contributed by atoms with van der Waals surface area (Å²) in [5, 5.41) is 0. The summed E-state index contributed by atoms with van der Waals surface area (Å²) in [6.45, 7) is 5.51. The van der Waals surface area contributed by atoms with Crippen molar-refractivity contribution in [2.75, 3.05) is 39.6 Å². The van der Waals surface area contributed by atoms with Crippen LogP contribution < -0.4 is 14.2 Å². The zero-order chi connectivity index (χ0) is 21.6. The van der Waals surface area contributed by atoms with E-state index in [1.807, 2.05) is 36.4 Å². The summed E-state index contributed by atoms with van der Waals surface area (Å²) < 4.78 is 16.9. The van der Waals surface area contributed by atoms with Crippen molar-refractivity contribution < 1.29 is 14.2 Å². The Morgan fingerprint density at radius 2 is 1.78 bits per heavy atom. The summed E-state index contributed by atoms with van der Waals surface area (Å²) in [6.07, 6.45) is 12.4. The summed E-state index contributed by atoms with van der Waals surface area (Å²) in [7, 11) is 0. The molecule has 0 radical (unpaired) electrons. The first-order valence-electron chi connectivity index (χ1n) is 11.7. The van der Waals surface area contributed by atoms with Crippen LogP contribution in [0.3, 0.4) is 0 Å². The Hall–Kier alpha value is -2.92. The predicted molar refractivity (Wildman–Crippen MR) is 126 cm³/mol. The summed E-state index contributed by atoms with van der Waals surface area (Å²) >= 11 is 0. The first-order chi connectivity index (χ1) is 15.8. The molecule has 1 saturated heterocycles. The number of rotatable bonds is 8. The van der Waals surface area contributed by atoms with Gasteiger partial charge in [-0.2, -0.15) is 0 Å². The van der Waals surface area contributed by atoms with Crippen LogP contribution in [0.25, 0.3) is 0 Å². The van der Waals surface area contributed by atoms with E-state index >= 15 is 0 Å². The molecule has 3 aliphatic heterocycles. The fraction of sp³-hybridized carbons (Fsp3) is 0.407. The van der Waals surface area contributed by atoms with E-state index in [4.69, 9.17) is 14.2 Å². The number of fused-ring (bicyclic) bond motifs is 1. The summed E-state index contributed by atoms with van der Waals surface area (Å²) in [6, 6.07) is 16.8. The van der Waals surface area contributed by atoms with E-state index < -0.39 is 0 Å². The molecule has 2 aromatic rings. The van der Waals surface area contributed by atoms with E-state index in [1.165, 1.54) is 18.4 Å². The van der Waals surface area contributed by atoms with Gasteiger partial charge in [0.25, 0.3) is 0 Å². The number of hydrogen-bond acceptors (Lipinski definition) is 5. The Kier molecular flexibility index (Phi) is 6.63. The van der Waals surface area contributed by atoms with Gasteiger partial charge in [0.2, 0.25) is 6.79 Å². The van der Waals surface area contributed by atoms with Crippen LogP contribution in [0.1, 0.15) is 18.4 Å². The number of benzene rings is 2. The minimum Gasteiger partial charge on any atom is -0.492 e. The van der Waals surface area contributed by atoms with Crippen molar-refractivity contribution in [2.24, 2.45) is 5.92 Å². The Bertz CT molecular complexity index is 935. The third kappa shape index (κ3) is 5.28. The van der Waals surface area contributed by atoms with Crippen LogP contribution in [-0.2, 0) is 6.42 Å². The molecular weight excluding hydrogens is 400 g/mol. The first kappa shape index (κ1) is 21.0. The zero-order valence-electron chi connectivity index (χ0n) is 18.6. The molecule has 0 bridgehead atoms. The standard InChI is InChI=1S/C27H32N2O3/c1-2-7-25(8-3-1)30-17-16-28-14-11-22(12-15-28)20-29-13-5-4-6-24(29)18-23-9-10-26-27(19-23)32-21-31-26/h1-10,13,19,22,24H,11-12,14-18,20-21H2/t24-/m1/s1. The minimum atomic E-state index is 0.327. The van der Waals surface area contributed by atoms with Gasteiger partial charge in [-0.15, -0.1) is 0 Å². The van der Waals surface area contributed by atoms with Gasteiger partial charge in [0.1, 0.15) is 12.4 Å². The fourth-order valence-corrected chi connectivity index (χ4v) is 4.76. The smallest absolute Gasteiger partial charge is 0.231 e. The van der Waals surface area contributed by atoms with Gasteiger partial charge in [0, 0.05) is 13.1 Å². The number of nitrogens with zero attached hydrogens (tertiary/aromatic N) is 2. The third-order valence-electron chi connectivity index (χ3n) is 6.63. The lowest BCUT2D eigenvalue weighted by Gasteiger charge is -2.37. The minimum absolute atomic E-state index is 0.327. The molecule has 3 aliphatic rings. The van der Waals surface area contributed by atoms with Gasteiger partial charge in [-0.3, -0.25) is 4.90 Å². The highest BCUT2D eigenvalue weighted by molar-refractivity contribution is 5.45. The van der Waals surface area contributed by atoms with E-state index in [9.17, 15) is 0 Å². The Morgan fingerprint density at radius 3 is 2.66 bits per heavy atom. The highest BCUT2D eigenvalue weighted by Gasteiger charge is 2.24. The first-order valence-corrected chi connectivity index (χ1v) is 11.7. The molecule has 1 fully saturated rings. The van der Waals surface area contributed by atoms with Crippen LogP contribution in [0.4, 0.5) is 0 Å². The molecule has 5 nitrogen and oxygen atoms in total. The molecule has 3 heterocycles. The van der Waals surface area contributed by atoms with E-state index in [1.54, 1.807) is 0 Å². The Morgan fingerprint density at radius 1 is 0.938 bits per heavy atom. The number of para-hydroxylation sites is 1. The molecule has 0 unspecified atom stereocenters. The fourth-order valence-electron chi connectivity index (χ4n) is 4.76. The molecule has 1 atom stereocenters. The number of hydrogen-bond donors (Lipinski definition) is 0. The predicted octanol–water partition coefficient (Wildman–Crippen LogP) is 4.50. The third-order valence-corrected chi connectivity index (χ3v) is 6.63.